The van der Waals surface area contributed by atoms with E-state index in [9.17, 15) is 13.2 Å². The Bertz CT molecular complexity index is 969. The van der Waals surface area contributed by atoms with E-state index < -0.39 is 16.2 Å². The first-order valence-electron chi connectivity index (χ1n) is 9.83. The van der Waals surface area contributed by atoms with Gasteiger partial charge >= 0.3 is 0 Å². The standard InChI is InChI=1S/C22H29N3O3S/c1-6-21(26)25-17(3)15-24(29(27,28)20-13-7-16(2)8-14-20)22(25)18-9-11-19(12-10-18)23(4)5/h7-14,17,22H,6,15H2,1-5H3/t17-,22+/m0/s1. The maximum Gasteiger partial charge on any atom is 0.245 e. The lowest BCUT2D eigenvalue weighted by molar-refractivity contribution is -0.134. The molecule has 1 aliphatic heterocycles. The van der Waals surface area contributed by atoms with E-state index in [0.717, 1.165) is 16.8 Å². The molecule has 2 aromatic rings. The Hall–Kier alpha value is -2.38. The van der Waals surface area contributed by atoms with Crippen molar-refractivity contribution in [2.24, 2.45) is 0 Å². The van der Waals surface area contributed by atoms with E-state index in [4.69, 9.17) is 0 Å². The largest absolute Gasteiger partial charge is 0.378 e. The molecule has 2 aromatic carbocycles. The fourth-order valence-corrected chi connectivity index (χ4v) is 5.39. The van der Waals surface area contributed by atoms with Crippen LogP contribution in [0.2, 0.25) is 0 Å². The minimum Gasteiger partial charge on any atom is -0.378 e. The molecule has 1 aliphatic rings. The summed E-state index contributed by atoms with van der Waals surface area (Å²) >= 11 is 0. The van der Waals surface area contributed by atoms with Gasteiger partial charge in [-0.05, 0) is 43.7 Å². The van der Waals surface area contributed by atoms with Gasteiger partial charge in [-0.15, -0.1) is 0 Å². The van der Waals surface area contributed by atoms with E-state index in [1.807, 2.05) is 57.1 Å². The quantitative estimate of drug-likeness (QED) is 0.751. The van der Waals surface area contributed by atoms with Crippen molar-refractivity contribution in [1.29, 1.82) is 0 Å². The molecule has 3 rings (SSSR count). The van der Waals surface area contributed by atoms with E-state index in [0.29, 0.717) is 6.42 Å². The number of benzene rings is 2. The number of hydrogen-bond acceptors (Lipinski definition) is 4. The zero-order chi connectivity index (χ0) is 21.3. The Labute approximate surface area is 173 Å². The summed E-state index contributed by atoms with van der Waals surface area (Å²) in [4.78, 5) is 16.7. The van der Waals surface area contributed by atoms with Crippen molar-refractivity contribution in [3.05, 3.63) is 59.7 Å². The molecule has 156 valence electrons. The summed E-state index contributed by atoms with van der Waals surface area (Å²) in [6, 6.07) is 14.4. The van der Waals surface area contributed by atoms with Crippen LogP contribution < -0.4 is 4.90 Å². The highest BCUT2D eigenvalue weighted by Crippen LogP contribution is 2.38. The smallest absolute Gasteiger partial charge is 0.245 e. The zero-order valence-electron chi connectivity index (χ0n) is 17.7. The number of anilines is 1. The van der Waals surface area contributed by atoms with Crippen molar-refractivity contribution in [2.75, 3.05) is 25.5 Å². The van der Waals surface area contributed by atoms with Crippen molar-refractivity contribution in [2.45, 2.75) is 44.3 Å². The summed E-state index contributed by atoms with van der Waals surface area (Å²) in [6.45, 7) is 5.89. The van der Waals surface area contributed by atoms with E-state index in [-0.39, 0.29) is 23.4 Å². The lowest BCUT2D eigenvalue weighted by Crippen LogP contribution is -2.39. The van der Waals surface area contributed by atoms with E-state index in [1.165, 1.54) is 4.31 Å². The van der Waals surface area contributed by atoms with Crippen molar-refractivity contribution in [3.8, 4) is 0 Å². The second-order valence-corrected chi connectivity index (χ2v) is 9.64. The van der Waals surface area contributed by atoms with Gasteiger partial charge in [0, 0.05) is 38.8 Å². The van der Waals surface area contributed by atoms with Crippen molar-refractivity contribution >= 4 is 21.6 Å². The molecule has 0 bridgehead atoms. The van der Waals surface area contributed by atoms with Crippen LogP contribution in [0.15, 0.2) is 53.4 Å². The van der Waals surface area contributed by atoms with Gasteiger partial charge in [0.2, 0.25) is 15.9 Å². The van der Waals surface area contributed by atoms with Gasteiger partial charge < -0.3 is 9.80 Å². The Balaban J connectivity index is 2.09. The van der Waals surface area contributed by atoms with E-state index in [1.54, 1.807) is 36.1 Å². The maximum absolute atomic E-state index is 13.5. The highest BCUT2D eigenvalue weighted by Gasteiger charge is 2.46. The SMILES string of the molecule is CCC(=O)N1[C@@H](C)CN(S(=O)(=O)c2ccc(C)cc2)[C@H]1c1ccc(N(C)C)cc1. The number of rotatable bonds is 5. The predicted octanol–water partition coefficient (Wildman–Crippen LogP) is 3.39. The highest BCUT2D eigenvalue weighted by atomic mass is 32.2. The first kappa shape index (κ1) is 21.3. The van der Waals surface area contributed by atoms with Crippen molar-refractivity contribution in [1.82, 2.24) is 9.21 Å². The third-order valence-corrected chi connectivity index (χ3v) is 7.22. The summed E-state index contributed by atoms with van der Waals surface area (Å²) in [7, 11) is 0.146. The van der Waals surface area contributed by atoms with Crippen LogP contribution in [0.25, 0.3) is 0 Å². The van der Waals surface area contributed by atoms with E-state index in [2.05, 4.69) is 0 Å². The molecule has 1 heterocycles. The number of amides is 1. The highest BCUT2D eigenvalue weighted by molar-refractivity contribution is 7.89. The molecule has 0 radical (unpaired) electrons. The van der Waals surface area contributed by atoms with Crippen LogP contribution >= 0.6 is 0 Å². The minimum absolute atomic E-state index is 0.0548. The Morgan fingerprint density at radius 2 is 1.66 bits per heavy atom. The third kappa shape index (κ3) is 4.02. The first-order valence-corrected chi connectivity index (χ1v) is 11.3. The fraction of sp³-hybridized carbons (Fsp3) is 0.409. The molecule has 1 fully saturated rings. The third-order valence-electron chi connectivity index (χ3n) is 5.38. The van der Waals surface area contributed by atoms with Crippen LogP contribution in [0, 0.1) is 6.92 Å². The van der Waals surface area contributed by atoms with Crippen LogP contribution in [0.3, 0.4) is 0 Å². The van der Waals surface area contributed by atoms with Gasteiger partial charge in [-0.25, -0.2) is 8.42 Å². The van der Waals surface area contributed by atoms with Gasteiger partial charge in [0.25, 0.3) is 0 Å². The summed E-state index contributed by atoms with van der Waals surface area (Å²) in [5, 5.41) is 0. The molecular weight excluding hydrogens is 386 g/mol. The molecule has 0 unspecified atom stereocenters. The van der Waals surface area contributed by atoms with Crippen molar-refractivity contribution < 1.29 is 13.2 Å². The first-order chi connectivity index (χ1) is 13.7. The second-order valence-electron chi connectivity index (χ2n) is 7.75. The van der Waals surface area contributed by atoms with Gasteiger partial charge in [0.1, 0.15) is 6.17 Å². The summed E-state index contributed by atoms with van der Waals surface area (Å²) in [5.74, 6) is -0.0548. The van der Waals surface area contributed by atoms with Crippen LogP contribution in [0.1, 0.15) is 37.6 Å². The van der Waals surface area contributed by atoms with Crippen LogP contribution in [-0.4, -0.2) is 50.2 Å². The zero-order valence-corrected chi connectivity index (χ0v) is 18.5. The fourth-order valence-electron chi connectivity index (χ4n) is 3.74. The molecule has 29 heavy (non-hydrogen) atoms. The Morgan fingerprint density at radius 1 is 1.07 bits per heavy atom. The topological polar surface area (TPSA) is 60.9 Å². The van der Waals surface area contributed by atoms with Crippen LogP contribution in [0.4, 0.5) is 5.69 Å². The monoisotopic (exact) mass is 415 g/mol. The summed E-state index contributed by atoms with van der Waals surface area (Å²) in [6.07, 6.45) is -0.324. The lowest BCUT2D eigenvalue weighted by Gasteiger charge is -2.31. The van der Waals surface area contributed by atoms with Crippen LogP contribution in [0.5, 0.6) is 0 Å². The number of aryl methyl sites for hydroxylation is 1. The number of carbonyl (C=O) groups excluding carboxylic acids is 1. The van der Waals surface area contributed by atoms with Gasteiger partial charge in [-0.3, -0.25) is 4.79 Å². The molecule has 1 amide bonds. The lowest BCUT2D eigenvalue weighted by atomic mass is 10.1. The molecule has 6 nitrogen and oxygen atoms in total. The average molecular weight is 416 g/mol. The molecular formula is C22H29N3O3S. The summed E-state index contributed by atoms with van der Waals surface area (Å²) in [5.41, 5.74) is 2.80. The van der Waals surface area contributed by atoms with E-state index >= 15 is 0 Å². The van der Waals surface area contributed by atoms with Gasteiger partial charge in [0.05, 0.1) is 4.90 Å². The number of carbonyl (C=O) groups is 1. The number of sulfonamides is 1. The molecule has 0 aromatic heterocycles. The molecule has 0 N–H and O–H groups in total. The van der Waals surface area contributed by atoms with Gasteiger partial charge in [-0.2, -0.15) is 4.31 Å². The Kier molecular flexibility index (Phi) is 6.00. The van der Waals surface area contributed by atoms with Crippen LogP contribution in [-0.2, 0) is 14.8 Å². The summed E-state index contributed by atoms with van der Waals surface area (Å²) < 4.78 is 28.4. The Morgan fingerprint density at radius 3 is 2.17 bits per heavy atom. The van der Waals surface area contributed by atoms with Crippen molar-refractivity contribution in [3.63, 3.8) is 0 Å². The molecule has 0 aliphatic carbocycles. The molecule has 1 saturated heterocycles. The minimum atomic E-state index is -3.76. The molecule has 7 heteroatoms. The normalized spacial score (nSPS) is 20.1. The second kappa shape index (κ2) is 8.16. The maximum atomic E-state index is 13.5. The molecule has 2 atom stereocenters. The number of nitrogens with zero attached hydrogens (tertiary/aromatic N) is 3. The number of hydrogen-bond donors (Lipinski definition) is 0. The molecule has 0 saturated carbocycles. The predicted molar refractivity (Wildman–Crippen MR) is 115 cm³/mol. The van der Waals surface area contributed by atoms with Gasteiger partial charge in [-0.1, -0.05) is 36.8 Å². The average Bonchev–Trinajstić information content (AvgIpc) is 3.05. The molecule has 0 spiro atoms. The van der Waals surface area contributed by atoms with Gasteiger partial charge in [0.15, 0.2) is 0 Å².